The molecule has 1 amide bonds. The number of nitrogens with one attached hydrogen (secondary N) is 1. The van der Waals surface area contributed by atoms with Gasteiger partial charge in [-0.05, 0) is 11.6 Å². The molecular formula is C14H21ClN2O3. The Hall–Kier alpha value is -1.14. The van der Waals surface area contributed by atoms with E-state index in [0.717, 1.165) is 5.56 Å². The van der Waals surface area contributed by atoms with E-state index in [2.05, 4.69) is 5.32 Å². The van der Waals surface area contributed by atoms with E-state index in [1.807, 2.05) is 18.2 Å². The van der Waals surface area contributed by atoms with Gasteiger partial charge < -0.3 is 20.1 Å². The van der Waals surface area contributed by atoms with Crippen LogP contribution in [0.3, 0.4) is 0 Å². The standard InChI is InChI=1S/C14H21ClN2O3/c1-17(2)14(19)8-16-7-12(18)10-20-9-11-5-3-4-6-13(11)15/h3-6,12,16,18H,7-10H2,1-2H3. The number of carbonyl (C=O) groups excluding carboxylic acids is 1. The van der Waals surface area contributed by atoms with Crippen molar-refractivity contribution in [3.05, 3.63) is 34.9 Å². The normalized spacial score (nSPS) is 12.2. The summed E-state index contributed by atoms with van der Waals surface area (Å²) in [7, 11) is 3.38. The molecule has 1 unspecified atom stereocenters. The highest BCUT2D eigenvalue weighted by atomic mass is 35.5. The largest absolute Gasteiger partial charge is 0.389 e. The molecule has 0 spiro atoms. The third kappa shape index (κ3) is 6.34. The summed E-state index contributed by atoms with van der Waals surface area (Å²) in [4.78, 5) is 12.8. The Morgan fingerprint density at radius 2 is 2.15 bits per heavy atom. The molecule has 2 N–H and O–H groups in total. The fraction of sp³-hybridized carbons (Fsp3) is 0.500. The predicted molar refractivity (Wildman–Crippen MR) is 78.7 cm³/mol. The Morgan fingerprint density at radius 1 is 1.45 bits per heavy atom. The van der Waals surface area contributed by atoms with Crippen LogP contribution in [0.15, 0.2) is 24.3 Å². The highest BCUT2D eigenvalue weighted by Gasteiger charge is 2.08. The van der Waals surface area contributed by atoms with Crippen LogP contribution in [0, 0.1) is 0 Å². The summed E-state index contributed by atoms with van der Waals surface area (Å²) in [5.74, 6) is -0.0332. The average molecular weight is 301 g/mol. The lowest BCUT2D eigenvalue weighted by molar-refractivity contribution is -0.127. The number of ether oxygens (including phenoxy) is 1. The van der Waals surface area contributed by atoms with Gasteiger partial charge in [0.25, 0.3) is 0 Å². The number of hydrogen-bond donors (Lipinski definition) is 2. The van der Waals surface area contributed by atoms with E-state index in [9.17, 15) is 9.90 Å². The van der Waals surface area contributed by atoms with Crippen LogP contribution in [-0.4, -0.2) is 55.8 Å². The molecule has 0 saturated heterocycles. The third-order valence-corrected chi connectivity index (χ3v) is 3.05. The summed E-state index contributed by atoms with van der Waals surface area (Å²) in [5, 5.41) is 13.2. The number of likely N-dealkylation sites (N-methyl/N-ethyl adjacent to an activating group) is 1. The van der Waals surface area contributed by atoms with Crippen molar-refractivity contribution in [1.29, 1.82) is 0 Å². The first-order chi connectivity index (χ1) is 9.50. The van der Waals surface area contributed by atoms with Crippen molar-refractivity contribution >= 4 is 17.5 Å². The number of amides is 1. The summed E-state index contributed by atoms with van der Waals surface area (Å²) < 4.78 is 5.40. The van der Waals surface area contributed by atoms with Gasteiger partial charge in [-0.15, -0.1) is 0 Å². The van der Waals surface area contributed by atoms with E-state index in [-0.39, 0.29) is 19.1 Å². The minimum Gasteiger partial charge on any atom is -0.389 e. The molecule has 0 bridgehead atoms. The summed E-state index contributed by atoms with van der Waals surface area (Å²) in [5.41, 5.74) is 0.886. The van der Waals surface area contributed by atoms with Crippen molar-refractivity contribution in [3.8, 4) is 0 Å². The van der Waals surface area contributed by atoms with Gasteiger partial charge in [0.15, 0.2) is 0 Å². The quantitative estimate of drug-likeness (QED) is 0.749. The molecule has 0 aromatic heterocycles. The van der Waals surface area contributed by atoms with Crippen molar-refractivity contribution in [2.45, 2.75) is 12.7 Å². The molecule has 6 heteroatoms. The maximum atomic E-state index is 11.3. The Morgan fingerprint density at radius 3 is 2.80 bits per heavy atom. The number of benzene rings is 1. The summed E-state index contributed by atoms with van der Waals surface area (Å²) in [6.45, 7) is 1.05. The van der Waals surface area contributed by atoms with Crippen molar-refractivity contribution in [2.24, 2.45) is 0 Å². The molecule has 0 radical (unpaired) electrons. The molecule has 1 atom stereocenters. The van der Waals surface area contributed by atoms with Crippen molar-refractivity contribution in [3.63, 3.8) is 0 Å². The monoisotopic (exact) mass is 300 g/mol. The fourth-order valence-electron chi connectivity index (χ4n) is 1.48. The Kier molecular flexibility index (Phi) is 7.54. The van der Waals surface area contributed by atoms with Crippen LogP contribution >= 0.6 is 11.6 Å². The van der Waals surface area contributed by atoms with E-state index < -0.39 is 6.10 Å². The highest BCUT2D eigenvalue weighted by Crippen LogP contribution is 2.15. The van der Waals surface area contributed by atoms with Crippen LogP contribution in [0.4, 0.5) is 0 Å². The molecule has 0 aliphatic carbocycles. The van der Waals surface area contributed by atoms with Gasteiger partial charge in [-0.1, -0.05) is 29.8 Å². The average Bonchev–Trinajstić information content (AvgIpc) is 2.40. The summed E-state index contributed by atoms with van der Waals surface area (Å²) in [6.07, 6.45) is -0.660. The van der Waals surface area contributed by atoms with Gasteiger partial charge >= 0.3 is 0 Å². The maximum Gasteiger partial charge on any atom is 0.236 e. The van der Waals surface area contributed by atoms with Crippen molar-refractivity contribution < 1.29 is 14.6 Å². The first kappa shape index (κ1) is 16.9. The first-order valence-electron chi connectivity index (χ1n) is 6.40. The number of nitrogens with zero attached hydrogens (tertiary/aromatic N) is 1. The van der Waals surface area contributed by atoms with Gasteiger partial charge in [0.05, 0.1) is 25.9 Å². The summed E-state index contributed by atoms with van der Waals surface area (Å²) >= 11 is 5.99. The lowest BCUT2D eigenvalue weighted by Gasteiger charge is -2.14. The van der Waals surface area contributed by atoms with E-state index in [1.165, 1.54) is 4.90 Å². The summed E-state index contributed by atoms with van der Waals surface area (Å²) in [6, 6.07) is 7.41. The minimum atomic E-state index is -0.660. The second-order valence-corrected chi connectivity index (χ2v) is 5.09. The van der Waals surface area contributed by atoms with Gasteiger partial charge in [0.2, 0.25) is 5.91 Å². The molecule has 112 valence electrons. The lowest BCUT2D eigenvalue weighted by atomic mass is 10.2. The third-order valence-electron chi connectivity index (χ3n) is 2.68. The molecule has 1 aromatic carbocycles. The number of aliphatic hydroxyl groups is 1. The lowest BCUT2D eigenvalue weighted by Crippen LogP contribution is -2.38. The zero-order valence-corrected chi connectivity index (χ0v) is 12.6. The van der Waals surface area contributed by atoms with E-state index in [0.29, 0.717) is 18.2 Å². The van der Waals surface area contributed by atoms with Crippen LogP contribution in [0.25, 0.3) is 0 Å². The fourth-order valence-corrected chi connectivity index (χ4v) is 1.67. The maximum absolute atomic E-state index is 11.3. The minimum absolute atomic E-state index is 0.0332. The van der Waals surface area contributed by atoms with Gasteiger partial charge in [-0.3, -0.25) is 4.79 Å². The topological polar surface area (TPSA) is 61.8 Å². The zero-order chi connectivity index (χ0) is 15.0. The Bertz CT molecular complexity index is 427. The van der Waals surface area contributed by atoms with Crippen LogP contribution in [0.2, 0.25) is 5.02 Å². The number of aliphatic hydroxyl groups excluding tert-OH is 1. The second-order valence-electron chi connectivity index (χ2n) is 4.68. The Balaban J connectivity index is 2.16. The molecule has 1 rings (SSSR count). The zero-order valence-electron chi connectivity index (χ0n) is 11.8. The Labute approximate surface area is 124 Å². The van der Waals surface area contributed by atoms with E-state index in [4.69, 9.17) is 16.3 Å². The molecule has 0 fully saturated rings. The molecule has 0 aliphatic heterocycles. The molecule has 1 aromatic rings. The molecule has 20 heavy (non-hydrogen) atoms. The number of halogens is 1. The first-order valence-corrected chi connectivity index (χ1v) is 6.78. The van der Waals surface area contributed by atoms with Crippen LogP contribution < -0.4 is 5.32 Å². The number of rotatable bonds is 8. The molecule has 0 aliphatic rings. The number of carbonyl (C=O) groups is 1. The number of hydrogen-bond acceptors (Lipinski definition) is 4. The second kappa shape index (κ2) is 8.92. The predicted octanol–water partition coefficient (Wildman–Crippen LogP) is 0.895. The van der Waals surface area contributed by atoms with Gasteiger partial charge in [-0.2, -0.15) is 0 Å². The molecule has 5 nitrogen and oxygen atoms in total. The smallest absolute Gasteiger partial charge is 0.236 e. The van der Waals surface area contributed by atoms with Crippen LogP contribution in [-0.2, 0) is 16.1 Å². The van der Waals surface area contributed by atoms with Gasteiger partial charge in [0.1, 0.15) is 0 Å². The van der Waals surface area contributed by atoms with Gasteiger partial charge in [0, 0.05) is 25.7 Å². The molecular weight excluding hydrogens is 280 g/mol. The van der Waals surface area contributed by atoms with Crippen molar-refractivity contribution in [1.82, 2.24) is 10.2 Å². The van der Waals surface area contributed by atoms with Crippen LogP contribution in [0.1, 0.15) is 5.56 Å². The van der Waals surface area contributed by atoms with E-state index in [1.54, 1.807) is 20.2 Å². The van der Waals surface area contributed by atoms with Gasteiger partial charge in [-0.25, -0.2) is 0 Å². The van der Waals surface area contributed by atoms with E-state index >= 15 is 0 Å². The van der Waals surface area contributed by atoms with Crippen LogP contribution in [0.5, 0.6) is 0 Å². The SMILES string of the molecule is CN(C)C(=O)CNCC(O)COCc1ccccc1Cl. The molecule has 0 saturated carbocycles. The molecule has 0 heterocycles. The highest BCUT2D eigenvalue weighted by molar-refractivity contribution is 6.31. The van der Waals surface area contributed by atoms with Crippen molar-refractivity contribution in [2.75, 3.05) is 33.8 Å².